The first-order valence-corrected chi connectivity index (χ1v) is 8.03. The summed E-state index contributed by atoms with van der Waals surface area (Å²) in [5.74, 6) is 0.411. The van der Waals surface area contributed by atoms with Gasteiger partial charge in [0, 0.05) is 0 Å². The standard InChI is InChI=1S/C17H18N4O3/c1-10-18-14(24-20-10)9-21-15(22)17(2,19-16(21)23)13-7-6-11-4-3-5-12(11)8-13/h6-8H,3-5,9H2,1-2H3,(H,19,23)/t17-/m0/s1. The van der Waals surface area contributed by atoms with E-state index in [9.17, 15) is 9.59 Å². The zero-order chi connectivity index (χ0) is 16.9. The topological polar surface area (TPSA) is 88.3 Å². The van der Waals surface area contributed by atoms with Crippen molar-refractivity contribution >= 4 is 11.9 Å². The van der Waals surface area contributed by atoms with E-state index in [2.05, 4.69) is 21.5 Å². The van der Waals surface area contributed by atoms with Crippen LogP contribution in [0.4, 0.5) is 4.79 Å². The lowest BCUT2D eigenvalue weighted by molar-refractivity contribution is -0.131. The minimum absolute atomic E-state index is 0.0218. The van der Waals surface area contributed by atoms with E-state index in [0.717, 1.165) is 29.7 Å². The first-order chi connectivity index (χ1) is 11.5. The van der Waals surface area contributed by atoms with Gasteiger partial charge in [-0.3, -0.25) is 9.69 Å². The van der Waals surface area contributed by atoms with E-state index in [1.165, 1.54) is 11.1 Å². The molecule has 1 atom stereocenters. The molecule has 0 saturated carbocycles. The third kappa shape index (κ3) is 2.19. The van der Waals surface area contributed by atoms with Gasteiger partial charge >= 0.3 is 6.03 Å². The smallest absolute Gasteiger partial charge is 0.325 e. The van der Waals surface area contributed by atoms with Crippen molar-refractivity contribution in [2.24, 2.45) is 0 Å². The van der Waals surface area contributed by atoms with Gasteiger partial charge in [-0.25, -0.2) is 4.79 Å². The number of amides is 3. The summed E-state index contributed by atoms with van der Waals surface area (Å²) in [7, 11) is 0. The molecule has 0 unspecified atom stereocenters. The Balaban J connectivity index is 1.64. The maximum atomic E-state index is 12.9. The second-order valence-corrected chi connectivity index (χ2v) is 6.52. The van der Waals surface area contributed by atoms with Crippen molar-refractivity contribution in [1.29, 1.82) is 0 Å². The number of urea groups is 1. The number of hydrogen-bond acceptors (Lipinski definition) is 5. The van der Waals surface area contributed by atoms with E-state index in [1.54, 1.807) is 13.8 Å². The molecule has 1 aromatic heterocycles. The number of nitrogens with zero attached hydrogens (tertiary/aromatic N) is 3. The quantitative estimate of drug-likeness (QED) is 0.869. The van der Waals surface area contributed by atoms with Gasteiger partial charge in [0.1, 0.15) is 12.1 Å². The van der Waals surface area contributed by atoms with Crippen LogP contribution in [0.15, 0.2) is 22.7 Å². The van der Waals surface area contributed by atoms with Crippen molar-refractivity contribution < 1.29 is 14.1 Å². The molecule has 1 fully saturated rings. The number of aryl methyl sites for hydroxylation is 3. The fourth-order valence-electron chi connectivity index (χ4n) is 3.46. The molecule has 7 nitrogen and oxygen atoms in total. The Morgan fingerprint density at radius 2 is 2.08 bits per heavy atom. The molecular formula is C17H18N4O3. The van der Waals surface area contributed by atoms with Crippen LogP contribution in [-0.4, -0.2) is 27.0 Å². The van der Waals surface area contributed by atoms with Gasteiger partial charge in [-0.05, 0) is 49.8 Å². The van der Waals surface area contributed by atoms with Crippen molar-refractivity contribution in [2.75, 3.05) is 0 Å². The van der Waals surface area contributed by atoms with Gasteiger partial charge < -0.3 is 9.84 Å². The monoisotopic (exact) mass is 326 g/mol. The van der Waals surface area contributed by atoms with Crippen LogP contribution in [0.25, 0.3) is 0 Å². The molecule has 7 heteroatoms. The molecule has 1 N–H and O–H groups in total. The highest BCUT2D eigenvalue weighted by molar-refractivity contribution is 6.07. The lowest BCUT2D eigenvalue weighted by Gasteiger charge is -2.22. The van der Waals surface area contributed by atoms with Crippen LogP contribution >= 0.6 is 0 Å². The van der Waals surface area contributed by atoms with E-state index in [4.69, 9.17) is 4.52 Å². The molecule has 1 saturated heterocycles. The zero-order valence-corrected chi connectivity index (χ0v) is 13.6. The van der Waals surface area contributed by atoms with Gasteiger partial charge in [-0.2, -0.15) is 4.98 Å². The summed E-state index contributed by atoms with van der Waals surface area (Å²) >= 11 is 0. The Morgan fingerprint density at radius 3 is 2.83 bits per heavy atom. The normalized spacial score (nSPS) is 22.8. The second kappa shape index (κ2) is 5.15. The van der Waals surface area contributed by atoms with Crippen LogP contribution < -0.4 is 5.32 Å². The summed E-state index contributed by atoms with van der Waals surface area (Å²) in [5.41, 5.74) is 2.34. The molecule has 1 aromatic carbocycles. The van der Waals surface area contributed by atoms with Gasteiger partial charge in [-0.15, -0.1) is 0 Å². The number of benzene rings is 1. The first-order valence-electron chi connectivity index (χ1n) is 8.03. The molecule has 0 bridgehead atoms. The number of carbonyl (C=O) groups excluding carboxylic acids is 2. The summed E-state index contributed by atoms with van der Waals surface area (Å²) in [6.07, 6.45) is 3.24. The number of nitrogens with one attached hydrogen (secondary N) is 1. The Hall–Kier alpha value is -2.70. The molecular weight excluding hydrogens is 308 g/mol. The fraction of sp³-hybridized carbons (Fsp3) is 0.412. The van der Waals surface area contributed by atoms with Crippen LogP contribution in [0.3, 0.4) is 0 Å². The second-order valence-electron chi connectivity index (χ2n) is 6.52. The van der Waals surface area contributed by atoms with E-state index >= 15 is 0 Å². The molecule has 1 aliphatic carbocycles. The van der Waals surface area contributed by atoms with Crippen LogP contribution in [0.5, 0.6) is 0 Å². The predicted octanol–water partition coefficient (Wildman–Crippen LogP) is 1.83. The summed E-state index contributed by atoms with van der Waals surface area (Å²) in [6, 6.07) is 5.59. The van der Waals surface area contributed by atoms with Gasteiger partial charge in [0.15, 0.2) is 5.82 Å². The van der Waals surface area contributed by atoms with Crippen molar-refractivity contribution in [3.05, 3.63) is 46.6 Å². The molecule has 2 aromatic rings. The summed E-state index contributed by atoms with van der Waals surface area (Å²) in [4.78, 5) is 30.4. The van der Waals surface area contributed by atoms with E-state index in [1.807, 2.05) is 12.1 Å². The van der Waals surface area contributed by atoms with Gasteiger partial charge in [0.2, 0.25) is 5.89 Å². The number of aromatic nitrogens is 2. The molecule has 2 heterocycles. The Labute approximate surface area is 139 Å². The highest BCUT2D eigenvalue weighted by Gasteiger charge is 2.49. The van der Waals surface area contributed by atoms with Crippen molar-refractivity contribution in [1.82, 2.24) is 20.4 Å². The van der Waals surface area contributed by atoms with E-state index < -0.39 is 11.6 Å². The minimum Gasteiger partial charge on any atom is -0.337 e. The number of fused-ring (bicyclic) bond motifs is 1. The number of hydrogen-bond donors (Lipinski definition) is 1. The maximum Gasteiger partial charge on any atom is 0.325 e. The molecule has 0 spiro atoms. The van der Waals surface area contributed by atoms with E-state index in [-0.39, 0.29) is 18.3 Å². The molecule has 0 radical (unpaired) electrons. The third-order valence-corrected chi connectivity index (χ3v) is 4.81. The maximum absolute atomic E-state index is 12.9. The highest BCUT2D eigenvalue weighted by Crippen LogP contribution is 2.33. The van der Waals surface area contributed by atoms with Crippen LogP contribution in [0.1, 0.15) is 41.8 Å². The largest absolute Gasteiger partial charge is 0.337 e. The van der Waals surface area contributed by atoms with Crippen LogP contribution in [0.2, 0.25) is 0 Å². The summed E-state index contributed by atoms with van der Waals surface area (Å²) < 4.78 is 5.02. The minimum atomic E-state index is -1.07. The highest BCUT2D eigenvalue weighted by atomic mass is 16.5. The summed E-state index contributed by atoms with van der Waals surface area (Å²) in [6.45, 7) is 3.41. The van der Waals surface area contributed by atoms with Gasteiger partial charge in [0.25, 0.3) is 5.91 Å². The Morgan fingerprint density at radius 1 is 1.29 bits per heavy atom. The number of imide groups is 1. The van der Waals surface area contributed by atoms with Gasteiger partial charge in [-0.1, -0.05) is 23.4 Å². The molecule has 124 valence electrons. The van der Waals surface area contributed by atoms with Gasteiger partial charge in [0.05, 0.1) is 0 Å². The third-order valence-electron chi connectivity index (χ3n) is 4.81. The Kier molecular flexibility index (Phi) is 3.19. The molecule has 2 aliphatic rings. The number of carbonyl (C=O) groups is 2. The Bertz CT molecular complexity index is 844. The summed E-state index contributed by atoms with van der Waals surface area (Å²) in [5, 5.41) is 6.50. The first kappa shape index (κ1) is 14.9. The van der Waals surface area contributed by atoms with Crippen molar-refractivity contribution in [3.8, 4) is 0 Å². The molecule has 24 heavy (non-hydrogen) atoms. The average molecular weight is 326 g/mol. The number of rotatable bonds is 3. The molecule has 3 amide bonds. The average Bonchev–Trinajstić information content (AvgIpc) is 3.23. The lowest BCUT2D eigenvalue weighted by Crippen LogP contribution is -2.41. The fourth-order valence-corrected chi connectivity index (χ4v) is 3.46. The molecule has 4 rings (SSSR count). The SMILES string of the molecule is Cc1noc(CN2C(=O)N[C@@](C)(c3ccc4c(c3)CCC4)C2=O)n1. The van der Waals surface area contributed by atoms with Crippen molar-refractivity contribution in [3.63, 3.8) is 0 Å². The van der Waals surface area contributed by atoms with E-state index in [0.29, 0.717) is 5.82 Å². The zero-order valence-electron chi connectivity index (χ0n) is 13.6. The molecule has 1 aliphatic heterocycles. The van der Waals surface area contributed by atoms with Crippen LogP contribution in [0, 0.1) is 6.92 Å². The van der Waals surface area contributed by atoms with Crippen LogP contribution in [-0.2, 0) is 29.7 Å². The van der Waals surface area contributed by atoms with Crippen molar-refractivity contribution in [2.45, 2.75) is 45.2 Å². The lowest BCUT2D eigenvalue weighted by atomic mass is 9.90. The predicted molar refractivity (Wildman–Crippen MR) is 83.9 cm³/mol.